The Bertz CT molecular complexity index is 323. The van der Waals surface area contributed by atoms with Gasteiger partial charge < -0.3 is 4.74 Å². The van der Waals surface area contributed by atoms with Crippen LogP contribution in [0.3, 0.4) is 0 Å². The summed E-state index contributed by atoms with van der Waals surface area (Å²) in [6.45, 7) is 0.605. The molecule has 0 amide bonds. The van der Waals surface area contributed by atoms with Gasteiger partial charge in [-0.15, -0.1) is 0 Å². The number of benzene rings is 1. The van der Waals surface area contributed by atoms with Gasteiger partial charge >= 0.3 is 0 Å². The van der Waals surface area contributed by atoms with Crippen LogP contribution in [0.5, 0.6) is 0 Å². The van der Waals surface area contributed by atoms with E-state index >= 15 is 0 Å². The molecule has 2 rings (SSSR count). The Morgan fingerprint density at radius 3 is 2.62 bits per heavy atom. The molecule has 0 aliphatic carbocycles. The Morgan fingerprint density at radius 1 is 1.38 bits per heavy atom. The molecule has 1 aromatic rings. The van der Waals surface area contributed by atoms with Gasteiger partial charge in [0.25, 0.3) is 0 Å². The number of rotatable bonds is 1. The smallest absolute Gasteiger partial charge is 0.157 e. The van der Waals surface area contributed by atoms with Crippen LogP contribution in [0.1, 0.15) is 11.0 Å². The van der Waals surface area contributed by atoms with Crippen molar-refractivity contribution in [3.05, 3.63) is 34.3 Å². The van der Waals surface area contributed by atoms with E-state index in [1.807, 2.05) is 24.3 Å². The van der Waals surface area contributed by atoms with Crippen LogP contribution in [0.15, 0.2) is 28.7 Å². The minimum atomic E-state index is -0.856. The molecule has 0 aromatic heterocycles. The summed E-state index contributed by atoms with van der Waals surface area (Å²) in [4.78, 5) is 0. The first-order valence-electron chi connectivity index (χ1n) is 4.01. The van der Waals surface area contributed by atoms with Gasteiger partial charge in [-0.2, -0.15) is 0 Å². The minimum Gasteiger partial charge on any atom is -0.359 e. The van der Waals surface area contributed by atoms with Gasteiger partial charge in [0.1, 0.15) is 0 Å². The topological polar surface area (TPSA) is 26.3 Å². The van der Waals surface area contributed by atoms with Crippen LogP contribution in [0, 0.1) is 0 Å². The zero-order chi connectivity index (χ0) is 9.26. The van der Waals surface area contributed by atoms with E-state index in [9.17, 15) is 4.21 Å². The SMILES string of the molecule is O=S1CCO[C@@H]1c1ccc(Br)cc1. The highest BCUT2D eigenvalue weighted by atomic mass is 79.9. The average molecular weight is 261 g/mol. The molecule has 1 saturated heterocycles. The molecule has 1 fully saturated rings. The number of hydrogen-bond donors (Lipinski definition) is 0. The molecule has 0 radical (unpaired) electrons. The summed E-state index contributed by atoms with van der Waals surface area (Å²) in [6.07, 6.45) is 0. The normalized spacial score (nSPS) is 27.8. The zero-order valence-corrected chi connectivity index (χ0v) is 9.31. The van der Waals surface area contributed by atoms with Gasteiger partial charge in [-0.3, -0.25) is 4.21 Å². The first kappa shape index (κ1) is 9.37. The Kier molecular flexibility index (Phi) is 2.81. The first-order valence-corrected chi connectivity index (χ1v) is 6.19. The largest absolute Gasteiger partial charge is 0.359 e. The molecule has 2 nitrogen and oxygen atoms in total. The van der Waals surface area contributed by atoms with Crippen molar-refractivity contribution >= 4 is 26.7 Å². The summed E-state index contributed by atoms with van der Waals surface area (Å²) in [6, 6.07) is 7.76. The molecular weight excluding hydrogens is 252 g/mol. The van der Waals surface area contributed by atoms with Crippen LogP contribution in [0.4, 0.5) is 0 Å². The van der Waals surface area contributed by atoms with Crippen LogP contribution in [0.2, 0.25) is 0 Å². The standard InChI is InChI=1S/C9H9BrO2S/c10-8-3-1-7(2-4-8)9-12-5-6-13(9)11/h1-4,9H,5-6H2/t9-,13?/m0/s1. The molecule has 1 aromatic carbocycles. The molecule has 0 N–H and O–H groups in total. The van der Waals surface area contributed by atoms with Gasteiger partial charge in [0, 0.05) is 4.47 Å². The van der Waals surface area contributed by atoms with Crippen LogP contribution >= 0.6 is 15.9 Å². The van der Waals surface area contributed by atoms with Crippen LogP contribution < -0.4 is 0 Å². The number of hydrogen-bond acceptors (Lipinski definition) is 2. The van der Waals surface area contributed by atoms with E-state index in [0.29, 0.717) is 12.4 Å². The molecule has 0 bridgehead atoms. The predicted octanol–water partition coefficient (Wildman–Crippen LogP) is 2.23. The van der Waals surface area contributed by atoms with E-state index in [4.69, 9.17) is 4.74 Å². The fourth-order valence-electron chi connectivity index (χ4n) is 1.29. The fourth-order valence-corrected chi connectivity index (χ4v) is 2.74. The maximum Gasteiger partial charge on any atom is 0.157 e. The second-order valence-electron chi connectivity index (χ2n) is 2.84. The Hall–Kier alpha value is -0.190. The molecule has 1 unspecified atom stereocenters. The maximum atomic E-state index is 11.4. The minimum absolute atomic E-state index is 0.215. The van der Waals surface area contributed by atoms with E-state index in [1.165, 1.54) is 0 Å². The average Bonchev–Trinajstić information content (AvgIpc) is 2.53. The van der Waals surface area contributed by atoms with E-state index in [1.54, 1.807) is 0 Å². The Labute approximate surface area is 87.9 Å². The van der Waals surface area contributed by atoms with Crippen molar-refractivity contribution in [2.24, 2.45) is 0 Å². The third kappa shape index (κ3) is 2.00. The van der Waals surface area contributed by atoms with Crippen molar-refractivity contribution in [1.82, 2.24) is 0 Å². The van der Waals surface area contributed by atoms with Crippen molar-refractivity contribution in [1.29, 1.82) is 0 Å². The van der Waals surface area contributed by atoms with Crippen molar-refractivity contribution in [2.75, 3.05) is 12.4 Å². The first-order chi connectivity index (χ1) is 6.27. The zero-order valence-electron chi connectivity index (χ0n) is 6.90. The van der Waals surface area contributed by atoms with Gasteiger partial charge in [0.15, 0.2) is 5.44 Å². The van der Waals surface area contributed by atoms with Crippen molar-refractivity contribution in [2.45, 2.75) is 5.44 Å². The van der Waals surface area contributed by atoms with Crippen molar-refractivity contribution < 1.29 is 8.95 Å². The van der Waals surface area contributed by atoms with E-state index in [-0.39, 0.29) is 5.44 Å². The third-order valence-corrected chi connectivity index (χ3v) is 3.92. The molecule has 0 spiro atoms. The summed E-state index contributed by atoms with van der Waals surface area (Å²) in [5, 5.41) is 0. The molecule has 0 saturated carbocycles. The molecule has 1 heterocycles. The predicted molar refractivity (Wildman–Crippen MR) is 55.8 cm³/mol. The highest BCUT2D eigenvalue weighted by Crippen LogP contribution is 2.27. The monoisotopic (exact) mass is 260 g/mol. The Balaban J connectivity index is 2.25. The van der Waals surface area contributed by atoms with Crippen LogP contribution in [0.25, 0.3) is 0 Å². The van der Waals surface area contributed by atoms with E-state index in [0.717, 1.165) is 10.0 Å². The summed E-state index contributed by atoms with van der Waals surface area (Å²) in [5.74, 6) is 0.654. The van der Waals surface area contributed by atoms with Crippen LogP contribution in [-0.4, -0.2) is 16.6 Å². The molecule has 70 valence electrons. The van der Waals surface area contributed by atoms with Gasteiger partial charge in [-0.05, 0) is 17.7 Å². The second kappa shape index (κ2) is 3.90. The van der Waals surface area contributed by atoms with Gasteiger partial charge in [0.2, 0.25) is 0 Å². The van der Waals surface area contributed by atoms with E-state index < -0.39 is 10.8 Å². The lowest BCUT2D eigenvalue weighted by molar-refractivity contribution is 0.143. The second-order valence-corrected chi connectivity index (χ2v) is 5.35. The molecule has 13 heavy (non-hydrogen) atoms. The summed E-state index contributed by atoms with van der Waals surface area (Å²) >= 11 is 3.35. The maximum absolute atomic E-state index is 11.4. The molecule has 4 heteroatoms. The third-order valence-electron chi connectivity index (χ3n) is 1.93. The lowest BCUT2D eigenvalue weighted by Gasteiger charge is -2.07. The van der Waals surface area contributed by atoms with E-state index in [2.05, 4.69) is 15.9 Å². The van der Waals surface area contributed by atoms with Crippen molar-refractivity contribution in [3.63, 3.8) is 0 Å². The Morgan fingerprint density at radius 2 is 2.08 bits per heavy atom. The van der Waals surface area contributed by atoms with Gasteiger partial charge in [0.05, 0.1) is 23.2 Å². The summed E-state index contributed by atoms with van der Waals surface area (Å²) in [5.41, 5.74) is 0.784. The van der Waals surface area contributed by atoms with Gasteiger partial charge in [-0.25, -0.2) is 0 Å². The highest BCUT2D eigenvalue weighted by Gasteiger charge is 2.25. The highest BCUT2D eigenvalue weighted by molar-refractivity contribution is 9.10. The lowest BCUT2D eigenvalue weighted by atomic mass is 10.2. The lowest BCUT2D eigenvalue weighted by Crippen LogP contribution is -2.00. The summed E-state index contributed by atoms with van der Waals surface area (Å²) < 4.78 is 17.8. The molecule has 1 aliphatic heterocycles. The summed E-state index contributed by atoms with van der Waals surface area (Å²) in [7, 11) is -0.856. The van der Waals surface area contributed by atoms with Gasteiger partial charge in [-0.1, -0.05) is 28.1 Å². The molecule has 1 aliphatic rings. The molecular formula is C9H9BrO2S. The number of ether oxygens (including phenoxy) is 1. The fraction of sp³-hybridized carbons (Fsp3) is 0.333. The number of halogens is 1. The molecule has 2 atom stereocenters. The quantitative estimate of drug-likeness (QED) is 0.774. The van der Waals surface area contributed by atoms with Crippen molar-refractivity contribution in [3.8, 4) is 0 Å². The van der Waals surface area contributed by atoms with Crippen LogP contribution in [-0.2, 0) is 15.5 Å².